The minimum Gasteiger partial charge on any atom is -0.381 e. The van der Waals surface area contributed by atoms with Gasteiger partial charge < -0.3 is 4.74 Å². The van der Waals surface area contributed by atoms with Crippen molar-refractivity contribution in [1.29, 1.82) is 0 Å². The highest BCUT2D eigenvalue weighted by Gasteiger charge is 2.28. The zero-order valence-electron chi connectivity index (χ0n) is 10.9. The Balaban J connectivity index is 2.52. The third-order valence-electron chi connectivity index (χ3n) is 3.79. The van der Waals surface area contributed by atoms with Crippen LogP contribution in [-0.4, -0.2) is 19.3 Å². The maximum absolute atomic E-state index is 5.77. The fourth-order valence-electron chi connectivity index (χ4n) is 2.98. The highest BCUT2D eigenvalue weighted by molar-refractivity contribution is 4.82. The summed E-state index contributed by atoms with van der Waals surface area (Å²) in [6.45, 7) is 6.35. The molecule has 0 aromatic rings. The number of hydrogen-bond donors (Lipinski definition) is 2. The minimum absolute atomic E-state index is 0.490. The molecular formula is C13H28N2O. The van der Waals surface area contributed by atoms with Crippen molar-refractivity contribution in [3.63, 3.8) is 0 Å². The first-order valence-electron chi connectivity index (χ1n) is 6.87. The van der Waals surface area contributed by atoms with Gasteiger partial charge in [-0.25, -0.2) is 0 Å². The van der Waals surface area contributed by atoms with Gasteiger partial charge in [-0.2, -0.15) is 0 Å². The van der Waals surface area contributed by atoms with Gasteiger partial charge in [0.1, 0.15) is 0 Å². The van der Waals surface area contributed by atoms with Crippen LogP contribution < -0.4 is 11.3 Å². The van der Waals surface area contributed by atoms with E-state index in [-0.39, 0.29) is 0 Å². The van der Waals surface area contributed by atoms with Gasteiger partial charge >= 0.3 is 0 Å². The largest absolute Gasteiger partial charge is 0.381 e. The van der Waals surface area contributed by atoms with E-state index in [0.29, 0.717) is 12.0 Å². The molecule has 0 aliphatic carbocycles. The van der Waals surface area contributed by atoms with E-state index >= 15 is 0 Å². The molecule has 0 aromatic carbocycles. The Bertz CT molecular complexity index is 163. The molecule has 1 saturated heterocycles. The van der Waals surface area contributed by atoms with Gasteiger partial charge in [-0.3, -0.25) is 11.3 Å². The van der Waals surface area contributed by atoms with Crippen molar-refractivity contribution in [2.24, 2.45) is 17.7 Å². The van der Waals surface area contributed by atoms with Crippen LogP contribution >= 0.6 is 0 Å². The summed E-state index contributed by atoms with van der Waals surface area (Å²) < 4.78 is 5.43. The highest BCUT2D eigenvalue weighted by Crippen LogP contribution is 2.28. The van der Waals surface area contributed by atoms with Gasteiger partial charge in [0.25, 0.3) is 0 Å². The van der Waals surface area contributed by atoms with Crippen LogP contribution in [0.3, 0.4) is 0 Å². The number of nitrogens with one attached hydrogen (secondary N) is 1. The van der Waals surface area contributed by atoms with E-state index in [9.17, 15) is 0 Å². The lowest BCUT2D eigenvalue weighted by Crippen LogP contribution is -2.47. The molecule has 0 radical (unpaired) electrons. The van der Waals surface area contributed by atoms with E-state index < -0.39 is 0 Å². The van der Waals surface area contributed by atoms with Crippen LogP contribution in [0.25, 0.3) is 0 Å². The number of ether oxygens (including phenoxy) is 1. The average Bonchev–Trinajstić information content (AvgIpc) is 2.32. The fraction of sp³-hybridized carbons (Fsp3) is 1.00. The van der Waals surface area contributed by atoms with Crippen LogP contribution in [0.4, 0.5) is 0 Å². The van der Waals surface area contributed by atoms with E-state index in [1.807, 2.05) is 0 Å². The second kappa shape index (κ2) is 8.04. The molecule has 0 saturated carbocycles. The predicted octanol–water partition coefficient (Wildman–Crippen LogP) is 2.46. The Kier molecular flexibility index (Phi) is 7.01. The summed E-state index contributed by atoms with van der Waals surface area (Å²) in [5.74, 6) is 7.22. The lowest BCUT2D eigenvalue weighted by Gasteiger charge is -2.35. The predicted molar refractivity (Wildman–Crippen MR) is 68.0 cm³/mol. The summed E-state index contributed by atoms with van der Waals surface area (Å²) in [5.41, 5.74) is 3.09. The molecule has 1 fully saturated rings. The van der Waals surface area contributed by atoms with Crippen molar-refractivity contribution in [1.82, 2.24) is 5.43 Å². The van der Waals surface area contributed by atoms with E-state index in [1.54, 1.807) is 0 Å². The van der Waals surface area contributed by atoms with E-state index in [4.69, 9.17) is 10.6 Å². The zero-order chi connectivity index (χ0) is 11.8. The maximum atomic E-state index is 5.77. The number of nitrogens with two attached hydrogens (primary N) is 1. The van der Waals surface area contributed by atoms with Crippen molar-refractivity contribution < 1.29 is 4.74 Å². The Hall–Kier alpha value is -0.120. The van der Waals surface area contributed by atoms with Gasteiger partial charge in [0.15, 0.2) is 0 Å². The van der Waals surface area contributed by atoms with Crippen molar-refractivity contribution in [3.05, 3.63) is 0 Å². The minimum atomic E-state index is 0.490. The van der Waals surface area contributed by atoms with Crippen LogP contribution in [0, 0.1) is 11.8 Å². The quantitative estimate of drug-likeness (QED) is 0.520. The maximum Gasteiger partial charge on any atom is 0.0469 e. The Morgan fingerprint density at radius 2 is 1.75 bits per heavy atom. The molecular weight excluding hydrogens is 200 g/mol. The van der Waals surface area contributed by atoms with Crippen LogP contribution in [0.2, 0.25) is 0 Å². The van der Waals surface area contributed by atoms with Gasteiger partial charge in [0.05, 0.1) is 0 Å². The molecule has 0 amide bonds. The standard InChI is InChI=1S/C13H28N2O/c1-3-5-11(6-4-2)13(15-14)12-7-9-16-10-8-12/h11-13,15H,3-10,14H2,1-2H3. The van der Waals surface area contributed by atoms with Gasteiger partial charge in [0.2, 0.25) is 0 Å². The van der Waals surface area contributed by atoms with Crippen molar-refractivity contribution >= 4 is 0 Å². The van der Waals surface area contributed by atoms with Crippen LogP contribution in [0.15, 0.2) is 0 Å². The summed E-state index contributed by atoms with van der Waals surface area (Å²) in [5, 5.41) is 0. The first-order chi connectivity index (χ1) is 7.83. The fourth-order valence-corrected chi connectivity index (χ4v) is 2.98. The molecule has 1 aliphatic heterocycles. The molecule has 0 bridgehead atoms. The van der Waals surface area contributed by atoms with Crippen molar-refractivity contribution in [2.45, 2.75) is 58.4 Å². The lowest BCUT2D eigenvalue weighted by atomic mass is 9.80. The normalized spacial score (nSPS) is 20.2. The third-order valence-corrected chi connectivity index (χ3v) is 3.79. The molecule has 0 spiro atoms. The monoisotopic (exact) mass is 228 g/mol. The topological polar surface area (TPSA) is 47.3 Å². The number of hydrogen-bond acceptors (Lipinski definition) is 3. The molecule has 16 heavy (non-hydrogen) atoms. The Labute approximate surface area is 100 Å². The van der Waals surface area contributed by atoms with Crippen LogP contribution in [0.1, 0.15) is 52.4 Å². The third kappa shape index (κ3) is 4.04. The first-order valence-corrected chi connectivity index (χ1v) is 6.87. The molecule has 1 aliphatic rings. The first kappa shape index (κ1) is 13.9. The second-order valence-electron chi connectivity index (χ2n) is 4.98. The van der Waals surface area contributed by atoms with Crippen LogP contribution in [0.5, 0.6) is 0 Å². The highest BCUT2D eigenvalue weighted by atomic mass is 16.5. The Morgan fingerprint density at radius 3 is 2.19 bits per heavy atom. The van der Waals surface area contributed by atoms with Crippen LogP contribution in [-0.2, 0) is 4.74 Å². The molecule has 3 N–H and O–H groups in total. The van der Waals surface area contributed by atoms with Gasteiger partial charge in [-0.1, -0.05) is 26.7 Å². The summed E-state index contributed by atoms with van der Waals surface area (Å²) in [6, 6.07) is 0.490. The Morgan fingerprint density at radius 1 is 1.19 bits per heavy atom. The molecule has 1 heterocycles. The van der Waals surface area contributed by atoms with E-state index in [2.05, 4.69) is 19.3 Å². The zero-order valence-corrected chi connectivity index (χ0v) is 10.9. The van der Waals surface area contributed by atoms with Crippen molar-refractivity contribution in [2.75, 3.05) is 13.2 Å². The van der Waals surface area contributed by atoms with Gasteiger partial charge in [-0.15, -0.1) is 0 Å². The smallest absolute Gasteiger partial charge is 0.0469 e. The molecule has 1 atom stereocenters. The van der Waals surface area contributed by atoms with E-state index in [1.165, 1.54) is 38.5 Å². The van der Waals surface area contributed by atoms with Gasteiger partial charge in [0, 0.05) is 19.3 Å². The lowest BCUT2D eigenvalue weighted by molar-refractivity contribution is 0.0425. The summed E-state index contributed by atoms with van der Waals surface area (Å²) in [6.07, 6.45) is 7.43. The van der Waals surface area contributed by atoms with Crippen molar-refractivity contribution in [3.8, 4) is 0 Å². The molecule has 3 heteroatoms. The molecule has 1 unspecified atom stereocenters. The van der Waals surface area contributed by atoms with Gasteiger partial charge in [-0.05, 0) is 37.5 Å². The summed E-state index contributed by atoms with van der Waals surface area (Å²) in [4.78, 5) is 0. The summed E-state index contributed by atoms with van der Waals surface area (Å²) in [7, 11) is 0. The molecule has 3 nitrogen and oxygen atoms in total. The molecule has 0 aromatic heterocycles. The molecule has 1 rings (SSSR count). The average molecular weight is 228 g/mol. The number of hydrazine groups is 1. The second-order valence-corrected chi connectivity index (χ2v) is 4.98. The number of rotatable bonds is 7. The molecule has 96 valence electrons. The summed E-state index contributed by atoms with van der Waals surface area (Å²) >= 11 is 0. The van der Waals surface area contributed by atoms with E-state index in [0.717, 1.165) is 19.1 Å². The SMILES string of the molecule is CCCC(CCC)C(NN)C1CCOCC1.